The second-order valence-electron chi connectivity index (χ2n) is 5.76. The second-order valence-corrected chi connectivity index (χ2v) is 5.76. The van der Waals surface area contributed by atoms with Crippen molar-refractivity contribution in [3.05, 3.63) is 29.3 Å². The molecule has 1 unspecified atom stereocenters. The van der Waals surface area contributed by atoms with Crippen LogP contribution in [0.4, 0.5) is 5.69 Å². The average Bonchev–Trinajstić information content (AvgIpc) is 3.08. The van der Waals surface area contributed by atoms with Gasteiger partial charge in [-0.3, -0.25) is 9.59 Å². The van der Waals surface area contributed by atoms with Gasteiger partial charge in [-0.1, -0.05) is 6.07 Å². The number of nitrogens with one attached hydrogen (secondary N) is 1. The molecule has 3 rings (SSSR count). The first-order valence-electron chi connectivity index (χ1n) is 7.53. The van der Waals surface area contributed by atoms with Gasteiger partial charge in [-0.25, -0.2) is 0 Å². The van der Waals surface area contributed by atoms with Gasteiger partial charge in [0.15, 0.2) is 0 Å². The van der Waals surface area contributed by atoms with Crippen molar-refractivity contribution >= 4 is 17.5 Å². The van der Waals surface area contributed by atoms with E-state index in [2.05, 4.69) is 5.32 Å². The molecule has 2 aliphatic heterocycles. The Morgan fingerprint density at radius 2 is 2.29 bits per heavy atom. The van der Waals surface area contributed by atoms with E-state index in [1.165, 1.54) is 0 Å². The summed E-state index contributed by atoms with van der Waals surface area (Å²) in [4.78, 5) is 25.9. The van der Waals surface area contributed by atoms with Crippen molar-refractivity contribution in [2.45, 2.75) is 38.1 Å². The third-order valence-electron chi connectivity index (χ3n) is 4.32. The minimum absolute atomic E-state index is 0.0170. The standard InChI is InChI=1S/C16H20N2O3/c19-8-2-4-13-3-1-7-18(13)16(21)12-6-5-11-10-15(20)17-14(11)9-12/h5-6,9,13,19H,1-4,7-8,10H2,(H,17,20). The molecule has 0 radical (unpaired) electrons. The molecule has 1 fully saturated rings. The fourth-order valence-electron chi connectivity index (χ4n) is 3.24. The van der Waals surface area contributed by atoms with Crippen molar-refractivity contribution in [2.75, 3.05) is 18.5 Å². The van der Waals surface area contributed by atoms with Gasteiger partial charge >= 0.3 is 0 Å². The summed E-state index contributed by atoms with van der Waals surface area (Å²) in [5, 5.41) is 11.7. The molecule has 112 valence electrons. The number of aliphatic hydroxyl groups excluding tert-OH is 1. The molecule has 0 spiro atoms. The minimum atomic E-state index is -0.0170. The van der Waals surface area contributed by atoms with Gasteiger partial charge in [0, 0.05) is 30.4 Å². The van der Waals surface area contributed by atoms with Crippen LogP contribution >= 0.6 is 0 Å². The predicted molar refractivity (Wildman–Crippen MR) is 79.2 cm³/mol. The van der Waals surface area contributed by atoms with E-state index in [0.717, 1.165) is 43.5 Å². The summed E-state index contributed by atoms with van der Waals surface area (Å²) in [7, 11) is 0. The highest BCUT2D eigenvalue weighted by Crippen LogP contribution is 2.27. The number of fused-ring (bicyclic) bond motifs is 1. The molecule has 1 aromatic rings. The van der Waals surface area contributed by atoms with Gasteiger partial charge in [0.05, 0.1) is 6.42 Å². The number of carbonyl (C=O) groups excluding carboxylic acids is 2. The number of benzene rings is 1. The zero-order valence-corrected chi connectivity index (χ0v) is 12.0. The Labute approximate surface area is 123 Å². The molecule has 1 saturated heterocycles. The number of carbonyl (C=O) groups is 2. The lowest BCUT2D eigenvalue weighted by molar-refractivity contribution is -0.115. The maximum absolute atomic E-state index is 12.7. The van der Waals surface area contributed by atoms with Crippen LogP contribution in [0.3, 0.4) is 0 Å². The molecule has 21 heavy (non-hydrogen) atoms. The molecule has 1 aromatic carbocycles. The Hall–Kier alpha value is -1.88. The van der Waals surface area contributed by atoms with Gasteiger partial charge in [-0.2, -0.15) is 0 Å². The molecule has 2 heterocycles. The van der Waals surface area contributed by atoms with Crippen molar-refractivity contribution in [1.82, 2.24) is 4.90 Å². The van der Waals surface area contributed by atoms with Crippen molar-refractivity contribution in [2.24, 2.45) is 0 Å². The van der Waals surface area contributed by atoms with Crippen LogP contribution in [0.5, 0.6) is 0 Å². The van der Waals surface area contributed by atoms with E-state index >= 15 is 0 Å². The number of hydrogen-bond donors (Lipinski definition) is 2. The van der Waals surface area contributed by atoms with Gasteiger partial charge < -0.3 is 15.3 Å². The third kappa shape index (κ3) is 2.78. The maximum atomic E-state index is 12.7. The van der Waals surface area contributed by atoms with Crippen LogP contribution in [0, 0.1) is 0 Å². The number of aliphatic hydroxyl groups is 1. The summed E-state index contributed by atoms with van der Waals surface area (Å²) in [6.07, 6.45) is 4.00. The molecule has 5 nitrogen and oxygen atoms in total. The molecule has 0 saturated carbocycles. The molecule has 0 aliphatic carbocycles. The van der Waals surface area contributed by atoms with E-state index in [4.69, 9.17) is 5.11 Å². The van der Waals surface area contributed by atoms with Crippen molar-refractivity contribution in [1.29, 1.82) is 0 Å². The lowest BCUT2D eigenvalue weighted by Gasteiger charge is -2.25. The zero-order valence-electron chi connectivity index (χ0n) is 12.0. The Balaban J connectivity index is 1.76. The van der Waals surface area contributed by atoms with Gasteiger partial charge in [0.2, 0.25) is 5.91 Å². The van der Waals surface area contributed by atoms with Crippen molar-refractivity contribution in [3.63, 3.8) is 0 Å². The van der Waals surface area contributed by atoms with E-state index < -0.39 is 0 Å². The highest BCUT2D eigenvalue weighted by atomic mass is 16.3. The summed E-state index contributed by atoms with van der Waals surface area (Å²) < 4.78 is 0. The highest BCUT2D eigenvalue weighted by Gasteiger charge is 2.29. The zero-order chi connectivity index (χ0) is 14.8. The number of likely N-dealkylation sites (tertiary alicyclic amines) is 1. The summed E-state index contributed by atoms with van der Waals surface area (Å²) in [5.74, 6) is 0.0102. The van der Waals surface area contributed by atoms with E-state index in [-0.39, 0.29) is 24.5 Å². The molecule has 0 bridgehead atoms. The predicted octanol–water partition coefficient (Wildman–Crippen LogP) is 1.56. The molecule has 2 amide bonds. The van der Waals surface area contributed by atoms with Gasteiger partial charge in [0.1, 0.15) is 0 Å². The first-order valence-corrected chi connectivity index (χ1v) is 7.53. The summed E-state index contributed by atoms with van der Waals surface area (Å²) in [5.41, 5.74) is 2.35. The lowest BCUT2D eigenvalue weighted by atomic mass is 10.1. The number of rotatable bonds is 4. The molecule has 2 aliphatic rings. The molecular weight excluding hydrogens is 268 g/mol. The number of hydrogen-bond acceptors (Lipinski definition) is 3. The van der Waals surface area contributed by atoms with Crippen molar-refractivity contribution in [3.8, 4) is 0 Å². The van der Waals surface area contributed by atoms with Crippen LogP contribution in [0.15, 0.2) is 18.2 Å². The van der Waals surface area contributed by atoms with E-state index in [1.807, 2.05) is 17.0 Å². The fourth-order valence-corrected chi connectivity index (χ4v) is 3.24. The maximum Gasteiger partial charge on any atom is 0.254 e. The SMILES string of the molecule is O=C1Cc2ccc(C(=O)N3CCCC3CCCO)cc2N1. The Morgan fingerprint density at radius 3 is 3.10 bits per heavy atom. The Kier molecular flexibility index (Phi) is 3.92. The lowest BCUT2D eigenvalue weighted by Crippen LogP contribution is -2.35. The van der Waals surface area contributed by atoms with Gasteiger partial charge in [-0.05, 0) is 43.4 Å². The number of nitrogens with zero attached hydrogens (tertiary/aromatic N) is 1. The minimum Gasteiger partial charge on any atom is -0.396 e. The van der Waals surface area contributed by atoms with Crippen LogP contribution in [0.1, 0.15) is 41.6 Å². The summed E-state index contributed by atoms with van der Waals surface area (Å²) in [6, 6.07) is 5.68. The van der Waals surface area contributed by atoms with Crippen LogP contribution in [-0.2, 0) is 11.2 Å². The number of amides is 2. The molecular formula is C16H20N2O3. The topological polar surface area (TPSA) is 69.6 Å². The van der Waals surface area contributed by atoms with E-state index in [1.54, 1.807) is 6.07 Å². The Bertz CT molecular complexity index is 571. The van der Waals surface area contributed by atoms with Crippen molar-refractivity contribution < 1.29 is 14.7 Å². The molecule has 1 atom stereocenters. The number of anilines is 1. The van der Waals surface area contributed by atoms with Crippen LogP contribution < -0.4 is 5.32 Å². The molecule has 5 heteroatoms. The molecule has 2 N–H and O–H groups in total. The monoisotopic (exact) mass is 288 g/mol. The summed E-state index contributed by atoms with van der Waals surface area (Å²) in [6.45, 7) is 0.946. The normalized spacial score (nSPS) is 20.5. The Morgan fingerprint density at radius 1 is 1.43 bits per heavy atom. The van der Waals surface area contributed by atoms with Crippen LogP contribution in [0.2, 0.25) is 0 Å². The van der Waals surface area contributed by atoms with Gasteiger partial charge in [-0.15, -0.1) is 0 Å². The van der Waals surface area contributed by atoms with Gasteiger partial charge in [0.25, 0.3) is 5.91 Å². The quantitative estimate of drug-likeness (QED) is 0.883. The average molecular weight is 288 g/mol. The molecule has 0 aromatic heterocycles. The van der Waals surface area contributed by atoms with E-state index in [9.17, 15) is 9.59 Å². The first-order chi connectivity index (χ1) is 10.2. The fraction of sp³-hybridized carbons (Fsp3) is 0.500. The summed E-state index contributed by atoms with van der Waals surface area (Å²) >= 11 is 0. The second kappa shape index (κ2) is 5.85. The van der Waals surface area contributed by atoms with Crippen LogP contribution in [-0.4, -0.2) is 41.0 Å². The first kappa shape index (κ1) is 14.1. The largest absolute Gasteiger partial charge is 0.396 e. The highest BCUT2D eigenvalue weighted by molar-refractivity contribution is 6.02. The third-order valence-corrected chi connectivity index (χ3v) is 4.32. The van der Waals surface area contributed by atoms with Crippen LogP contribution in [0.25, 0.3) is 0 Å². The smallest absolute Gasteiger partial charge is 0.254 e. The van der Waals surface area contributed by atoms with E-state index in [0.29, 0.717) is 12.0 Å².